The molecule has 0 saturated heterocycles. The number of hydrogen-bond donors (Lipinski definition) is 2. The minimum Gasteiger partial charge on any atom is -0.357 e. The molecule has 0 aliphatic heterocycles. The molecule has 0 radical (unpaired) electrons. The molecule has 2 aromatic rings. The van der Waals surface area contributed by atoms with Gasteiger partial charge in [0, 0.05) is 37.3 Å². The van der Waals surface area contributed by atoms with E-state index in [4.69, 9.17) is 4.99 Å². The maximum atomic E-state index is 4.85. The van der Waals surface area contributed by atoms with Gasteiger partial charge in [0.2, 0.25) is 0 Å². The van der Waals surface area contributed by atoms with Crippen LogP contribution in [0.2, 0.25) is 0 Å². The van der Waals surface area contributed by atoms with Crippen LogP contribution in [0.4, 0.5) is 0 Å². The number of aromatic nitrogens is 2. The van der Waals surface area contributed by atoms with E-state index in [-0.39, 0.29) is 11.5 Å². The smallest absolute Gasteiger partial charge is 0.191 e. The maximum Gasteiger partial charge on any atom is 0.191 e. The summed E-state index contributed by atoms with van der Waals surface area (Å²) in [6, 6.07) is 10.8. The Kier molecular flexibility index (Phi) is 7.42. The third kappa shape index (κ3) is 6.10. The summed E-state index contributed by atoms with van der Waals surface area (Å²) >= 11 is 0. The highest BCUT2D eigenvalue weighted by Gasteiger charge is 2.21. The molecule has 1 heterocycles. The molecule has 0 saturated carbocycles. The number of nitrogens with one attached hydrogen (secondary N) is 2. The van der Waals surface area contributed by atoms with Gasteiger partial charge in [-0.15, -0.1) is 0 Å². The first-order valence-corrected chi connectivity index (χ1v) is 9.56. The number of aliphatic imine (C=N–C) groups is 1. The first-order valence-electron chi connectivity index (χ1n) is 9.56. The molecule has 0 bridgehead atoms. The highest BCUT2D eigenvalue weighted by Crippen LogP contribution is 2.23. The lowest BCUT2D eigenvalue weighted by Gasteiger charge is -2.26. The molecular formula is C21H34N6. The number of rotatable bonds is 8. The number of nitrogens with zero attached hydrogens (tertiary/aromatic N) is 4. The quantitative estimate of drug-likeness (QED) is 0.554. The van der Waals surface area contributed by atoms with Crippen molar-refractivity contribution in [3.05, 3.63) is 53.9 Å². The molecule has 1 aromatic carbocycles. The van der Waals surface area contributed by atoms with E-state index in [1.807, 2.05) is 24.0 Å². The van der Waals surface area contributed by atoms with Gasteiger partial charge in [0.1, 0.15) is 0 Å². The Hall–Kier alpha value is -2.34. The maximum absolute atomic E-state index is 4.85. The molecule has 1 atom stereocenters. The van der Waals surface area contributed by atoms with Crippen LogP contribution in [0.15, 0.2) is 47.7 Å². The van der Waals surface area contributed by atoms with E-state index in [1.54, 1.807) is 0 Å². The summed E-state index contributed by atoms with van der Waals surface area (Å²) in [6.07, 6.45) is 3.99. The average Bonchev–Trinajstić information content (AvgIpc) is 3.06. The largest absolute Gasteiger partial charge is 0.357 e. The van der Waals surface area contributed by atoms with E-state index in [0.29, 0.717) is 6.54 Å². The van der Waals surface area contributed by atoms with Crippen LogP contribution in [0.1, 0.15) is 37.9 Å². The Bertz CT molecular complexity index is 717. The van der Waals surface area contributed by atoms with Crippen LogP contribution in [0, 0.1) is 0 Å². The van der Waals surface area contributed by atoms with Crippen molar-refractivity contribution in [3.8, 4) is 0 Å². The molecule has 0 aliphatic rings. The lowest BCUT2D eigenvalue weighted by Crippen LogP contribution is -2.42. The van der Waals surface area contributed by atoms with Crippen molar-refractivity contribution < 1.29 is 0 Å². The van der Waals surface area contributed by atoms with Gasteiger partial charge >= 0.3 is 0 Å². The second-order valence-electron chi connectivity index (χ2n) is 7.75. The van der Waals surface area contributed by atoms with Gasteiger partial charge < -0.3 is 15.5 Å². The molecule has 6 heteroatoms. The van der Waals surface area contributed by atoms with E-state index >= 15 is 0 Å². The Labute approximate surface area is 163 Å². The lowest BCUT2D eigenvalue weighted by molar-refractivity contribution is 0.298. The van der Waals surface area contributed by atoms with Crippen molar-refractivity contribution in [2.45, 2.75) is 32.2 Å². The number of hydrogen-bond acceptors (Lipinski definition) is 3. The zero-order chi connectivity index (χ0) is 19.9. The summed E-state index contributed by atoms with van der Waals surface area (Å²) in [5.74, 6) is 0.845. The Balaban J connectivity index is 2.06. The topological polar surface area (TPSA) is 57.5 Å². The summed E-state index contributed by atoms with van der Waals surface area (Å²) < 4.78 is 1.84. The fraction of sp³-hybridized carbons (Fsp3) is 0.524. The molecule has 0 amide bonds. The van der Waals surface area contributed by atoms with E-state index in [1.165, 1.54) is 11.1 Å². The zero-order valence-electron chi connectivity index (χ0n) is 17.5. The molecule has 0 aliphatic carbocycles. The number of likely N-dealkylation sites (N-methyl/N-ethyl adjacent to an activating group) is 1. The standard InChI is InChI=1S/C21H34N6/c1-7-22-20(24-16-21(2,3)18-11-9-8-10-12-18)23-14-19(26(4)5)17-13-25-27(6)15-17/h8-13,15,19H,7,14,16H2,1-6H3,(H2,22,23,24). The SMILES string of the molecule is CCNC(=NCC(C)(C)c1ccccc1)NCC(c1cnn(C)c1)N(C)C. The molecule has 2 rings (SSSR count). The first-order chi connectivity index (χ1) is 12.8. The monoisotopic (exact) mass is 370 g/mol. The van der Waals surface area contributed by atoms with Crippen molar-refractivity contribution in [1.82, 2.24) is 25.3 Å². The summed E-state index contributed by atoms with van der Waals surface area (Å²) in [4.78, 5) is 7.04. The molecular weight excluding hydrogens is 336 g/mol. The van der Waals surface area contributed by atoms with E-state index in [9.17, 15) is 0 Å². The third-order valence-corrected chi connectivity index (χ3v) is 4.73. The van der Waals surface area contributed by atoms with Crippen LogP contribution in [0.3, 0.4) is 0 Å². The van der Waals surface area contributed by atoms with Gasteiger partial charge in [-0.2, -0.15) is 5.10 Å². The van der Waals surface area contributed by atoms with Gasteiger partial charge in [-0.1, -0.05) is 44.2 Å². The van der Waals surface area contributed by atoms with E-state index < -0.39 is 0 Å². The van der Waals surface area contributed by atoms with Crippen molar-refractivity contribution in [2.75, 3.05) is 33.7 Å². The fourth-order valence-corrected chi connectivity index (χ4v) is 3.00. The van der Waals surface area contributed by atoms with Gasteiger partial charge in [0.05, 0.1) is 18.8 Å². The first kappa shape index (κ1) is 21.0. The van der Waals surface area contributed by atoms with Crippen LogP contribution in [0.25, 0.3) is 0 Å². The van der Waals surface area contributed by atoms with Crippen LogP contribution >= 0.6 is 0 Å². The zero-order valence-corrected chi connectivity index (χ0v) is 17.5. The molecule has 27 heavy (non-hydrogen) atoms. The number of guanidine groups is 1. The van der Waals surface area contributed by atoms with Crippen LogP contribution in [-0.4, -0.2) is 54.4 Å². The molecule has 6 nitrogen and oxygen atoms in total. The van der Waals surface area contributed by atoms with Crippen molar-refractivity contribution >= 4 is 5.96 Å². The minimum absolute atomic E-state index is 0.0199. The van der Waals surface area contributed by atoms with Crippen molar-refractivity contribution in [2.24, 2.45) is 12.0 Å². The second-order valence-corrected chi connectivity index (χ2v) is 7.75. The summed E-state index contributed by atoms with van der Waals surface area (Å²) in [5, 5.41) is 11.2. The predicted octanol–water partition coefficient (Wildman–Crippen LogP) is 2.56. The molecule has 1 unspecified atom stereocenters. The highest BCUT2D eigenvalue weighted by atomic mass is 15.3. The summed E-state index contributed by atoms with van der Waals surface area (Å²) in [5.41, 5.74) is 2.47. The fourth-order valence-electron chi connectivity index (χ4n) is 3.00. The molecule has 0 spiro atoms. The summed E-state index contributed by atoms with van der Waals surface area (Å²) in [7, 11) is 6.12. The molecule has 1 aromatic heterocycles. The van der Waals surface area contributed by atoms with E-state index in [2.05, 4.69) is 86.0 Å². The third-order valence-electron chi connectivity index (χ3n) is 4.73. The molecule has 148 valence electrons. The number of benzene rings is 1. The van der Waals surface area contributed by atoms with Gasteiger partial charge in [-0.05, 0) is 26.6 Å². The predicted molar refractivity (Wildman–Crippen MR) is 113 cm³/mol. The van der Waals surface area contributed by atoms with Crippen LogP contribution in [0.5, 0.6) is 0 Å². The van der Waals surface area contributed by atoms with E-state index in [0.717, 1.165) is 19.0 Å². The summed E-state index contributed by atoms with van der Waals surface area (Å²) in [6.45, 7) is 8.85. The Morgan fingerprint density at radius 2 is 1.93 bits per heavy atom. The normalized spacial score (nSPS) is 13.7. The lowest BCUT2D eigenvalue weighted by atomic mass is 9.85. The van der Waals surface area contributed by atoms with Gasteiger partial charge in [0.25, 0.3) is 0 Å². The van der Waals surface area contributed by atoms with Crippen molar-refractivity contribution in [1.29, 1.82) is 0 Å². The second kappa shape index (κ2) is 9.55. The van der Waals surface area contributed by atoms with Gasteiger partial charge in [-0.3, -0.25) is 9.67 Å². The number of aryl methyl sites for hydroxylation is 1. The van der Waals surface area contributed by atoms with Gasteiger partial charge in [0.15, 0.2) is 5.96 Å². The van der Waals surface area contributed by atoms with Crippen LogP contribution in [-0.2, 0) is 12.5 Å². The Morgan fingerprint density at radius 3 is 2.48 bits per heavy atom. The molecule has 0 fully saturated rings. The highest BCUT2D eigenvalue weighted by molar-refractivity contribution is 5.79. The van der Waals surface area contributed by atoms with Crippen LogP contribution < -0.4 is 10.6 Å². The van der Waals surface area contributed by atoms with Gasteiger partial charge in [-0.25, -0.2) is 0 Å². The Morgan fingerprint density at radius 1 is 1.22 bits per heavy atom. The average molecular weight is 371 g/mol. The minimum atomic E-state index is -0.0199. The molecule has 2 N–H and O–H groups in total. The van der Waals surface area contributed by atoms with Crippen molar-refractivity contribution in [3.63, 3.8) is 0 Å².